The van der Waals surface area contributed by atoms with Gasteiger partial charge < -0.3 is 14.9 Å². The smallest absolute Gasteiger partial charge is 0.253 e. The fraction of sp³-hybridized carbons (Fsp3) is 0.333. The molecule has 1 unspecified atom stereocenters. The van der Waals surface area contributed by atoms with Gasteiger partial charge >= 0.3 is 0 Å². The summed E-state index contributed by atoms with van der Waals surface area (Å²) in [6.07, 6.45) is 0. The number of aromatic nitrogens is 2. The normalized spacial score (nSPS) is 12.4. The van der Waals surface area contributed by atoms with Gasteiger partial charge in [-0.05, 0) is 19.1 Å². The molecule has 0 aliphatic carbocycles. The van der Waals surface area contributed by atoms with Gasteiger partial charge in [0.2, 0.25) is 5.89 Å². The largest absolute Gasteiger partial charge is 0.483 e. The molecule has 2 rings (SSSR count). The number of hydrogen-bond acceptors (Lipinski definition) is 5. The van der Waals surface area contributed by atoms with Crippen LogP contribution in [0.3, 0.4) is 0 Å². The van der Waals surface area contributed by atoms with E-state index in [4.69, 9.17) is 14.9 Å². The van der Waals surface area contributed by atoms with Gasteiger partial charge in [-0.1, -0.05) is 22.0 Å². The first-order valence-corrected chi connectivity index (χ1v) is 6.32. The van der Waals surface area contributed by atoms with E-state index >= 15 is 0 Å². The number of nitrogens with two attached hydrogens (primary N) is 1. The average Bonchev–Trinajstić information content (AvgIpc) is 2.72. The fourth-order valence-electron chi connectivity index (χ4n) is 1.54. The lowest BCUT2D eigenvalue weighted by atomic mass is 10.1. The molecule has 0 fully saturated rings. The van der Waals surface area contributed by atoms with Crippen molar-refractivity contribution in [1.82, 2.24) is 10.2 Å². The number of rotatable bonds is 4. The van der Waals surface area contributed by atoms with Gasteiger partial charge in [0.05, 0.1) is 0 Å². The second kappa shape index (κ2) is 5.49. The Morgan fingerprint density at radius 3 is 2.83 bits per heavy atom. The number of ether oxygens (including phenoxy) is 1. The molecule has 18 heavy (non-hydrogen) atoms. The van der Waals surface area contributed by atoms with E-state index in [0.717, 1.165) is 15.8 Å². The first-order chi connectivity index (χ1) is 8.56. The second-order valence-corrected chi connectivity index (χ2v) is 4.89. The van der Waals surface area contributed by atoms with Gasteiger partial charge in [-0.15, -0.1) is 10.2 Å². The molecule has 6 heteroatoms. The number of nitrogens with zero attached hydrogens (tertiary/aromatic N) is 2. The molecule has 1 aromatic heterocycles. The molecule has 2 N–H and O–H groups in total. The van der Waals surface area contributed by atoms with Crippen LogP contribution in [-0.2, 0) is 6.61 Å². The average molecular weight is 312 g/mol. The highest BCUT2D eigenvalue weighted by Crippen LogP contribution is 2.28. The predicted octanol–water partition coefficient (Wildman–Crippen LogP) is 2.74. The van der Waals surface area contributed by atoms with Crippen LogP contribution in [0.15, 0.2) is 27.1 Å². The summed E-state index contributed by atoms with van der Waals surface area (Å²) in [5.41, 5.74) is 6.83. The number of benzene rings is 1. The van der Waals surface area contributed by atoms with Crippen molar-refractivity contribution in [2.75, 3.05) is 0 Å². The Kier molecular flexibility index (Phi) is 3.98. The Morgan fingerprint density at radius 2 is 2.22 bits per heavy atom. The maximum atomic E-state index is 5.89. The molecule has 5 nitrogen and oxygen atoms in total. The third-order valence-electron chi connectivity index (χ3n) is 2.39. The van der Waals surface area contributed by atoms with Gasteiger partial charge in [0.15, 0.2) is 6.61 Å². The highest BCUT2D eigenvalue weighted by molar-refractivity contribution is 9.10. The van der Waals surface area contributed by atoms with E-state index in [-0.39, 0.29) is 12.6 Å². The quantitative estimate of drug-likeness (QED) is 0.939. The van der Waals surface area contributed by atoms with Crippen molar-refractivity contribution in [3.05, 3.63) is 40.0 Å². The molecule has 0 saturated carbocycles. The Labute approximate surface area is 113 Å². The maximum absolute atomic E-state index is 5.89. The fourth-order valence-corrected chi connectivity index (χ4v) is 1.88. The summed E-state index contributed by atoms with van der Waals surface area (Å²) in [6, 6.07) is 5.64. The lowest BCUT2D eigenvalue weighted by Gasteiger charge is -2.13. The van der Waals surface area contributed by atoms with Gasteiger partial charge in [0, 0.05) is 23.0 Å². The van der Waals surface area contributed by atoms with Crippen molar-refractivity contribution in [2.45, 2.75) is 26.5 Å². The van der Waals surface area contributed by atoms with Crippen LogP contribution in [0.5, 0.6) is 5.75 Å². The summed E-state index contributed by atoms with van der Waals surface area (Å²) in [4.78, 5) is 0. The molecule has 0 radical (unpaired) electrons. The van der Waals surface area contributed by atoms with Crippen LogP contribution >= 0.6 is 15.9 Å². The lowest BCUT2D eigenvalue weighted by Crippen LogP contribution is -2.08. The van der Waals surface area contributed by atoms with Crippen LogP contribution in [0.2, 0.25) is 0 Å². The van der Waals surface area contributed by atoms with E-state index in [9.17, 15) is 0 Å². The van der Waals surface area contributed by atoms with Gasteiger partial charge in [-0.3, -0.25) is 0 Å². The summed E-state index contributed by atoms with van der Waals surface area (Å²) in [5.74, 6) is 1.69. The molecule has 1 heterocycles. The topological polar surface area (TPSA) is 74.2 Å². The van der Waals surface area contributed by atoms with Gasteiger partial charge in [-0.25, -0.2) is 0 Å². The van der Waals surface area contributed by atoms with Crippen LogP contribution in [0.4, 0.5) is 0 Å². The monoisotopic (exact) mass is 311 g/mol. The van der Waals surface area contributed by atoms with Crippen LogP contribution in [-0.4, -0.2) is 10.2 Å². The third-order valence-corrected chi connectivity index (χ3v) is 2.88. The molecule has 1 atom stereocenters. The van der Waals surface area contributed by atoms with Crippen molar-refractivity contribution in [1.29, 1.82) is 0 Å². The highest BCUT2D eigenvalue weighted by atomic mass is 79.9. The van der Waals surface area contributed by atoms with Crippen molar-refractivity contribution in [3.63, 3.8) is 0 Å². The highest BCUT2D eigenvalue weighted by Gasteiger charge is 2.10. The summed E-state index contributed by atoms with van der Waals surface area (Å²) < 4.78 is 11.9. The van der Waals surface area contributed by atoms with Crippen LogP contribution in [0.1, 0.15) is 30.3 Å². The first-order valence-electron chi connectivity index (χ1n) is 5.53. The predicted molar refractivity (Wildman–Crippen MR) is 70.1 cm³/mol. The van der Waals surface area contributed by atoms with E-state index in [2.05, 4.69) is 26.1 Å². The van der Waals surface area contributed by atoms with Crippen LogP contribution in [0.25, 0.3) is 0 Å². The maximum Gasteiger partial charge on any atom is 0.253 e. The molecule has 0 spiro atoms. The standard InChI is InChI=1S/C12H14BrN3O2/c1-7(14)10-4-3-9(13)5-11(10)17-6-12-16-15-8(2)18-12/h3-5,7H,6,14H2,1-2H3. The van der Waals surface area contributed by atoms with Crippen LogP contribution in [0, 0.1) is 6.92 Å². The van der Waals surface area contributed by atoms with Gasteiger partial charge in [-0.2, -0.15) is 0 Å². The molecule has 0 aliphatic rings. The zero-order valence-electron chi connectivity index (χ0n) is 10.2. The summed E-state index contributed by atoms with van der Waals surface area (Å²) in [6.45, 7) is 3.88. The molecule has 0 bridgehead atoms. The molecule has 1 aromatic carbocycles. The molecule has 0 aliphatic heterocycles. The minimum Gasteiger partial charge on any atom is -0.483 e. The van der Waals surface area contributed by atoms with Crippen molar-refractivity contribution < 1.29 is 9.15 Å². The minimum atomic E-state index is -0.0995. The summed E-state index contributed by atoms with van der Waals surface area (Å²) in [7, 11) is 0. The number of aryl methyl sites for hydroxylation is 1. The van der Waals surface area contributed by atoms with Crippen molar-refractivity contribution in [2.24, 2.45) is 5.73 Å². The van der Waals surface area contributed by atoms with Gasteiger partial charge in [0.1, 0.15) is 5.75 Å². The molecule has 2 aromatic rings. The molecule has 96 valence electrons. The minimum absolute atomic E-state index is 0.0995. The van der Waals surface area contributed by atoms with Crippen molar-refractivity contribution in [3.8, 4) is 5.75 Å². The van der Waals surface area contributed by atoms with E-state index in [1.54, 1.807) is 6.92 Å². The summed E-state index contributed by atoms with van der Waals surface area (Å²) >= 11 is 3.40. The Hall–Kier alpha value is -1.40. The Balaban J connectivity index is 2.15. The summed E-state index contributed by atoms with van der Waals surface area (Å²) in [5, 5.41) is 7.62. The molecule has 0 saturated heterocycles. The van der Waals surface area contributed by atoms with Gasteiger partial charge in [0.25, 0.3) is 5.89 Å². The van der Waals surface area contributed by atoms with Crippen molar-refractivity contribution >= 4 is 15.9 Å². The SMILES string of the molecule is Cc1nnc(COc2cc(Br)ccc2C(C)N)o1. The Bertz CT molecular complexity index is 540. The Morgan fingerprint density at radius 1 is 1.44 bits per heavy atom. The number of hydrogen-bond donors (Lipinski definition) is 1. The first kappa shape index (κ1) is 13.0. The van der Waals surface area contributed by atoms with E-state index < -0.39 is 0 Å². The van der Waals surface area contributed by atoms with E-state index in [1.165, 1.54) is 0 Å². The van der Waals surface area contributed by atoms with E-state index in [0.29, 0.717) is 11.8 Å². The zero-order chi connectivity index (χ0) is 13.1. The van der Waals surface area contributed by atoms with Crippen LogP contribution < -0.4 is 10.5 Å². The third kappa shape index (κ3) is 3.08. The molecular formula is C12H14BrN3O2. The second-order valence-electron chi connectivity index (χ2n) is 3.97. The molecular weight excluding hydrogens is 298 g/mol. The molecule has 0 amide bonds. The zero-order valence-corrected chi connectivity index (χ0v) is 11.8. The van der Waals surface area contributed by atoms with E-state index in [1.807, 2.05) is 25.1 Å². The lowest BCUT2D eigenvalue weighted by molar-refractivity contribution is 0.257. The number of halogens is 1.